The number of aromatic nitrogens is 1. The molecule has 0 N–H and O–H groups in total. The van der Waals surface area contributed by atoms with Crippen LogP contribution in [-0.4, -0.2) is 16.5 Å². The van der Waals surface area contributed by atoms with E-state index < -0.39 is 4.92 Å². The lowest BCUT2D eigenvalue weighted by Gasteiger charge is -2.07. The first-order chi connectivity index (χ1) is 9.16. The average Bonchev–Trinajstić information content (AvgIpc) is 2.42. The minimum atomic E-state index is -0.444. The Bertz CT molecular complexity index is 575. The van der Waals surface area contributed by atoms with Gasteiger partial charge in [0.2, 0.25) is 0 Å². The zero-order valence-corrected chi connectivity index (χ0v) is 11.5. The van der Waals surface area contributed by atoms with Gasteiger partial charge in [0.05, 0.1) is 22.1 Å². The maximum atomic E-state index is 10.7. The van der Waals surface area contributed by atoms with Crippen LogP contribution >= 0.6 is 15.9 Å². The quantitative estimate of drug-likeness (QED) is 0.625. The van der Waals surface area contributed by atoms with E-state index in [-0.39, 0.29) is 5.69 Å². The van der Waals surface area contributed by atoms with Crippen LogP contribution in [0.15, 0.2) is 47.2 Å². The van der Waals surface area contributed by atoms with Crippen LogP contribution in [0, 0.1) is 10.1 Å². The number of halogens is 1. The van der Waals surface area contributed by atoms with Gasteiger partial charge < -0.3 is 4.74 Å². The number of benzene rings is 1. The lowest BCUT2D eigenvalue weighted by atomic mass is 10.2. The molecular formula is C13H11BrN2O3. The highest BCUT2D eigenvalue weighted by atomic mass is 79.9. The number of rotatable bonds is 5. The molecule has 0 unspecified atom stereocenters. The predicted octanol–water partition coefficient (Wildman–Crippen LogP) is 3.37. The molecule has 0 fully saturated rings. The Morgan fingerprint density at radius 2 is 2.21 bits per heavy atom. The van der Waals surface area contributed by atoms with E-state index >= 15 is 0 Å². The van der Waals surface area contributed by atoms with Crippen molar-refractivity contribution in [2.24, 2.45) is 0 Å². The van der Waals surface area contributed by atoms with Crippen LogP contribution in [0.3, 0.4) is 0 Å². The smallest absolute Gasteiger partial charge is 0.273 e. The standard InChI is InChI=1S/C13H11BrN2O3/c14-12-4-3-11(16(17)18)8-13(12)19-7-5-10-2-1-6-15-9-10/h1-4,6,8-9H,5,7H2. The molecule has 2 aromatic rings. The molecule has 0 spiro atoms. The van der Waals surface area contributed by atoms with Gasteiger partial charge >= 0.3 is 0 Å². The van der Waals surface area contributed by atoms with Gasteiger partial charge in [-0.3, -0.25) is 15.1 Å². The third kappa shape index (κ3) is 3.75. The summed E-state index contributed by atoms with van der Waals surface area (Å²) in [5.41, 5.74) is 1.07. The van der Waals surface area contributed by atoms with E-state index in [1.165, 1.54) is 12.1 Å². The van der Waals surface area contributed by atoms with Crippen LogP contribution < -0.4 is 4.74 Å². The van der Waals surface area contributed by atoms with Crippen LogP contribution in [0.1, 0.15) is 5.56 Å². The molecule has 1 aromatic carbocycles. The van der Waals surface area contributed by atoms with E-state index in [1.807, 2.05) is 12.1 Å². The van der Waals surface area contributed by atoms with Crippen molar-refractivity contribution in [3.05, 3.63) is 62.9 Å². The molecule has 98 valence electrons. The van der Waals surface area contributed by atoms with Crippen molar-refractivity contribution in [2.75, 3.05) is 6.61 Å². The molecule has 1 aromatic heterocycles. The summed E-state index contributed by atoms with van der Waals surface area (Å²) in [6, 6.07) is 8.26. The highest BCUT2D eigenvalue weighted by Crippen LogP contribution is 2.29. The third-order valence-corrected chi connectivity index (χ3v) is 3.15. The molecule has 2 rings (SSSR count). The van der Waals surface area contributed by atoms with Gasteiger partial charge in [-0.15, -0.1) is 0 Å². The summed E-state index contributed by atoms with van der Waals surface area (Å²) in [6.07, 6.45) is 4.18. The van der Waals surface area contributed by atoms with Gasteiger partial charge in [-0.1, -0.05) is 6.07 Å². The second-order valence-electron chi connectivity index (χ2n) is 3.83. The Kier molecular flexibility index (Phi) is 4.46. The molecule has 0 aliphatic rings. The molecule has 5 nitrogen and oxygen atoms in total. The van der Waals surface area contributed by atoms with E-state index in [4.69, 9.17) is 4.74 Å². The van der Waals surface area contributed by atoms with Crippen molar-refractivity contribution in [3.63, 3.8) is 0 Å². The summed E-state index contributed by atoms with van der Waals surface area (Å²) >= 11 is 3.31. The summed E-state index contributed by atoms with van der Waals surface area (Å²) in [7, 11) is 0. The fourth-order valence-corrected chi connectivity index (χ4v) is 1.90. The summed E-state index contributed by atoms with van der Waals surface area (Å²) in [4.78, 5) is 14.3. The first kappa shape index (κ1) is 13.5. The fraction of sp³-hybridized carbons (Fsp3) is 0.154. The second kappa shape index (κ2) is 6.29. The summed E-state index contributed by atoms with van der Waals surface area (Å²) in [5.74, 6) is 0.470. The minimum absolute atomic E-state index is 0.0135. The summed E-state index contributed by atoms with van der Waals surface area (Å²) < 4.78 is 6.25. The van der Waals surface area contributed by atoms with Gasteiger partial charge in [0, 0.05) is 24.9 Å². The molecule has 0 bridgehead atoms. The lowest BCUT2D eigenvalue weighted by molar-refractivity contribution is -0.385. The monoisotopic (exact) mass is 322 g/mol. The number of nitro benzene ring substituents is 1. The van der Waals surface area contributed by atoms with E-state index in [9.17, 15) is 10.1 Å². The van der Waals surface area contributed by atoms with Gasteiger partial charge in [0.1, 0.15) is 5.75 Å². The van der Waals surface area contributed by atoms with Crippen molar-refractivity contribution in [2.45, 2.75) is 6.42 Å². The summed E-state index contributed by atoms with van der Waals surface area (Å²) in [5, 5.41) is 10.7. The zero-order valence-electron chi connectivity index (χ0n) is 9.95. The Morgan fingerprint density at radius 1 is 1.37 bits per heavy atom. The van der Waals surface area contributed by atoms with Crippen LogP contribution in [0.2, 0.25) is 0 Å². The first-order valence-corrected chi connectivity index (χ1v) is 6.42. The minimum Gasteiger partial charge on any atom is -0.492 e. The number of nitrogens with zero attached hydrogens (tertiary/aromatic N) is 2. The molecular weight excluding hydrogens is 312 g/mol. The molecule has 0 aliphatic carbocycles. The van der Waals surface area contributed by atoms with Crippen LogP contribution in [0.4, 0.5) is 5.69 Å². The molecule has 19 heavy (non-hydrogen) atoms. The number of hydrogen-bond acceptors (Lipinski definition) is 4. The van der Waals surface area contributed by atoms with Crippen molar-refractivity contribution >= 4 is 21.6 Å². The molecule has 1 heterocycles. The Balaban J connectivity index is 1.99. The molecule has 0 saturated carbocycles. The summed E-state index contributed by atoms with van der Waals surface area (Å²) in [6.45, 7) is 0.436. The second-order valence-corrected chi connectivity index (χ2v) is 4.69. The van der Waals surface area contributed by atoms with Crippen LogP contribution in [0.5, 0.6) is 5.75 Å². The van der Waals surface area contributed by atoms with Gasteiger partial charge in [0.25, 0.3) is 5.69 Å². The fourth-order valence-electron chi connectivity index (χ4n) is 1.54. The lowest BCUT2D eigenvalue weighted by Crippen LogP contribution is -2.02. The number of nitro groups is 1. The maximum Gasteiger partial charge on any atom is 0.273 e. The van der Waals surface area contributed by atoms with Crippen LogP contribution in [-0.2, 0) is 6.42 Å². The van der Waals surface area contributed by atoms with E-state index in [1.54, 1.807) is 18.5 Å². The molecule has 0 amide bonds. The van der Waals surface area contributed by atoms with E-state index in [0.29, 0.717) is 23.2 Å². The van der Waals surface area contributed by atoms with Crippen molar-refractivity contribution < 1.29 is 9.66 Å². The van der Waals surface area contributed by atoms with Crippen molar-refractivity contribution in [3.8, 4) is 5.75 Å². The van der Waals surface area contributed by atoms with E-state index in [0.717, 1.165) is 5.56 Å². The molecule has 0 radical (unpaired) electrons. The topological polar surface area (TPSA) is 65.3 Å². The van der Waals surface area contributed by atoms with Gasteiger partial charge in [-0.2, -0.15) is 0 Å². The molecule has 6 heteroatoms. The highest BCUT2D eigenvalue weighted by molar-refractivity contribution is 9.10. The van der Waals surface area contributed by atoms with E-state index in [2.05, 4.69) is 20.9 Å². The molecule has 0 saturated heterocycles. The maximum absolute atomic E-state index is 10.7. The highest BCUT2D eigenvalue weighted by Gasteiger charge is 2.10. The number of hydrogen-bond donors (Lipinski definition) is 0. The largest absolute Gasteiger partial charge is 0.492 e. The zero-order chi connectivity index (χ0) is 13.7. The predicted molar refractivity (Wildman–Crippen MR) is 74.2 cm³/mol. The number of ether oxygens (including phenoxy) is 1. The Labute approximate surface area is 118 Å². The third-order valence-electron chi connectivity index (χ3n) is 2.50. The van der Waals surface area contributed by atoms with Gasteiger partial charge in [-0.25, -0.2) is 0 Å². The van der Waals surface area contributed by atoms with Crippen LogP contribution in [0.25, 0.3) is 0 Å². The molecule has 0 aliphatic heterocycles. The SMILES string of the molecule is O=[N+]([O-])c1ccc(Br)c(OCCc2cccnc2)c1. The Hall–Kier alpha value is -1.95. The number of pyridine rings is 1. The number of non-ortho nitro benzene ring substituents is 1. The Morgan fingerprint density at radius 3 is 2.89 bits per heavy atom. The normalized spacial score (nSPS) is 10.2. The molecule has 0 atom stereocenters. The van der Waals surface area contributed by atoms with Crippen molar-refractivity contribution in [1.29, 1.82) is 0 Å². The van der Waals surface area contributed by atoms with Gasteiger partial charge in [0.15, 0.2) is 0 Å². The van der Waals surface area contributed by atoms with Crippen molar-refractivity contribution in [1.82, 2.24) is 4.98 Å². The first-order valence-electron chi connectivity index (χ1n) is 5.62. The van der Waals surface area contributed by atoms with Gasteiger partial charge in [-0.05, 0) is 33.6 Å². The average molecular weight is 323 g/mol.